The number of nitrogens with two attached hydrogens (primary N) is 1. The Kier molecular flexibility index (Phi) is 4.62. The van der Waals surface area contributed by atoms with Crippen LogP contribution >= 0.6 is 23.2 Å². The molecule has 0 unspecified atom stereocenters. The number of nitrogen functional groups attached to an aromatic ring is 1. The summed E-state index contributed by atoms with van der Waals surface area (Å²) in [4.78, 5) is 12.2. The fourth-order valence-electron chi connectivity index (χ4n) is 3.35. The second-order valence-electron chi connectivity index (χ2n) is 6.78. The third kappa shape index (κ3) is 3.50. The quantitative estimate of drug-likeness (QED) is 0.348. The smallest absolute Gasteiger partial charge is 0.192 e. The molecule has 0 aliphatic heterocycles. The minimum atomic E-state index is 0.371. The van der Waals surface area contributed by atoms with E-state index in [2.05, 4.69) is 25.0 Å². The lowest BCUT2D eigenvalue weighted by Crippen LogP contribution is -1.99. The van der Waals surface area contributed by atoms with Gasteiger partial charge in [0.05, 0.1) is 35.7 Å². The number of aromatic nitrogens is 5. The summed E-state index contributed by atoms with van der Waals surface area (Å²) in [6.07, 6.45) is 1.70. The van der Waals surface area contributed by atoms with E-state index in [1.165, 1.54) is 0 Å². The number of nitrogens with one attached hydrogen (secondary N) is 1. The zero-order valence-corrected chi connectivity index (χ0v) is 17.3. The Labute approximate surface area is 186 Å². The van der Waals surface area contributed by atoms with Gasteiger partial charge < -0.3 is 15.0 Å². The summed E-state index contributed by atoms with van der Waals surface area (Å²) < 4.78 is 7.93. The standard InChI is InChI=1S/C21H13Cl2N7O/c1-25-12-6-11(22)7-13(8-12)31-20-15(23)3-4-17-19(20)26-10-30(17)9-16-14-2-5-18(24)27-21(14)29-28-16/h2-8,10H,9H2,(H3,24,27,28,29). The summed E-state index contributed by atoms with van der Waals surface area (Å²) in [5.74, 6) is 1.22. The van der Waals surface area contributed by atoms with E-state index >= 15 is 0 Å². The number of rotatable bonds is 4. The van der Waals surface area contributed by atoms with Crippen LogP contribution in [0, 0.1) is 6.57 Å². The molecule has 0 aliphatic rings. The molecular formula is C21H13Cl2N7O. The highest BCUT2D eigenvalue weighted by atomic mass is 35.5. The van der Waals surface area contributed by atoms with Crippen molar-refractivity contribution in [1.29, 1.82) is 0 Å². The van der Waals surface area contributed by atoms with Crippen molar-refractivity contribution in [2.45, 2.75) is 6.54 Å². The largest absolute Gasteiger partial charge is 0.455 e. The molecule has 3 aromatic heterocycles. The van der Waals surface area contributed by atoms with Gasteiger partial charge in [0.1, 0.15) is 17.1 Å². The van der Waals surface area contributed by atoms with Crippen LogP contribution in [0.3, 0.4) is 0 Å². The van der Waals surface area contributed by atoms with Gasteiger partial charge in [0.2, 0.25) is 0 Å². The molecule has 0 amide bonds. The molecule has 2 aromatic carbocycles. The highest BCUT2D eigenvalue weighted by Crippen LogP contribution is 2.38. The Hall–Kier alpha value is -3.80. The van der Waals surface area contributed by atoms with Gasteiger partial charge in [-0.05, 0) is 42.5 Å². The number of halogens is 2. The number of hydrogen-bond acceptors (Lipinski definition) is 5. The molecule has 0 fully saturated rings. The molecule has 5 aromatic rings. The minimum absolute atomic E-state index is 0.371. The number of H-pyrrole nitrogens is 1. The average Bonchev–Trinajstić information content (AvgIpc) is 3.34. The first kappa shape index (κ1) is 19.2. The highest BCUT2D eigenvalue weighted by molar-refractivity contribution is 6.33. The van der Waals surface area contributed by atoms with Crippen LogP contribution in [0.4, 0.5) is 11.5 Å². The summed E-state index contributed by atoms with van der Waals surface area (Å²) in [5, 5.41) is 8.94. The third-order valence-corrected chi connectivity index (χ3v) is 5.26. The Morgan fingerprint density at radius 3 is 2.87 bits per heavy atom. The van der Waals surface area contributed by atoms with Crippen LogP contribution in [-0.4, -0.2) is 24.7 Å². The molecule has 152 valence electrons. The van der Waals surface area contributed by atoms with Gasteiger partial charge in [-0.25, -0.2) is 14.8 Å². The number of imidazole rings is 1. The van der Waals surface area contributed by atoms with Crippen LogP contribution in [0.25, 0.3) is 26.9 Å². The monoisotopic (exact) mass is 449 g/mol. The van der Waals surface area contributed by atoms with Gasteiger partial charge in [-0.1, -0.05) is 23.2 Å². The maximum atomic E-state index is 7.21. The second-order valence-corrected chi connectivity index (χ2v) is 7.62. The number of nitrogens with zero attached hydrogens (tertiary/aromatic N) is 5. The Balaban J connectivity index is 1.54. The highest BCUT2D eigenvalue weighted by Gasteiger charge is 2.16. The van der Waals surface area contributed by atoms with Crippen LogP contribution in [0.1, 0.15) is 5.69 Å². The first-order valence-corrected chi connectivity index (χ1v) is 9.86. The van der Waals surface area contributed by atoms with Crippen LogP contribution in [0.2, 0.25) is 10.0 Å². The normalized spacial score (nSPS) is 11.1. The third-order valence-electron chi connectivity index (χ3n) is 4.75. The number of aromatic amines is 1. The van der Waals surface area contributed by atoms with Gasteiger partial charge in [0, 0.05) is 10.4 Å². The maximum Gasteiger partial charge on any atom is 0.192 e. The van der Waals surface area contributed by atoms with Crippen molar-refractivity contribution in [2.75, 3.05) is 5.73 Å². The van der Waals surface area contributed by atoms with E-state index < -0.39 is 0 Å². The predicted molar refractivity (Wildman–Crippen MR) is 120 cm³/mol. The van der Waals surface area contributed by atoms with Gasteiger partial charge in [-0.2, -0.15) is 5.10 Å². The van der Waals surface area contributed by atoms with Crippen molar-refractivity contribution in [3.8, 4) is 11.5 Å². The van der Waals surface area contributed by atoms with E-state index in [1.54, 1.807) is 36.7 Å². The number of anilines is 1. The van der Waals surface area contributed by atoms with Gasteiger partial charge >= 0.3 is 0 Å². The Bertz CT molecular complexity index is 1500. The van der Waals surface area contributed by atoms with Gasteiger partial charge in [0.15, 0.2) is 17.1 Å². The molecule has 3 heterocycles. The molecule has 0 saturated heterocycles. The average molecular weight is 450 g/mol. The summed E-state index contributed by atoms with van der Waals surface area (Å²) >= 11 is 12.5. The number of fused-ring (bicyclic) bond motifs is 2. The van der Waals surface area contributed by atoms with Crippen molar-refractivity contribution < 1.29 is 4.74 Å². The molecule has 0 aliphatic carbocycles. The first-order chi connectivity index (χ1) is 15.0. The van der Waals surface area contributed by atoms with E-state index in [0.29, 0.717) is 50.8 Å². The molecule has 8 nitrogen and oxygen atoms in total. The Morgan fingerprint density at radius 1 is 1.16 bits per heavy atom. The minimum Gasteiger partial charge on any atom is -0.455 e. The van der Waals surface area contributed by atoms with E-state index in [1.807, 2.05) is 16.7 Å². The molecule has 0 bridgehead atoms. The number of benzene rings is 2. The number of ether oxygens (including phenoxy) is 1. The first-order valence-electron chi connectivity index (χ1n) is 9.10. The number of hydrogen-bond donors (Lipinski definition) is 2. The van der Waals surface area contributed by atoms with E-state index in [-0.39, 0.29) is 0 Å². The summed E-state index contributed by atoms with van der Waals surface area (Å²) in [5.41, 5.74) is 8.93. The van der Waals surface area contributed by atoms with Crippen molar-refractivity contribution in [3.05, 3.63) is 75.9 Å². The maximum absolute atomic E-state index is 7.21. The van der Waals surface area contributed by atoms with Crippen molar-refractivity contribution in [1.82, 2.24) is 24.7 Å². The van der Waals surface area contributed by atoms with Gasteiger partial charge in [-0.15, -0.1) is 0 Å². The molecule has 0 atom stereocenters. The van der Waals surface area contributed by atoms with Crippen molar-refractivity contribution in [3.63, 3.8) is 0 Å². The van der Waals surface area contributed by atoms with E-state index in [0.717, 1.165) is 16.6 Å². The number of pyridine rings is 1. The van der Waals surface area contributed by atoms with Crippen molar-refractivity contribution in [2.24, 2.45) is 0 Å². The zero-order chi connectivity index (χ0) is 21.5. The lowest BCUT2D eigenvalue weighted by molar-refractivity contribution is 0.488. The summed E-state index contributed by atoms with van der Waals surface area (Å²) in [6, 6.07) is 12.0. The van der Waals surface area contributed by atoms with Gasteiger partial charge in [0.25, 0.3) is 0 Å². The summed E-state index contributed by atoms with van der Waals surface area (Å²) in [6.45, 7) is 7.67. The predicted octanol–water partition coefficient (Wildman–Crippen LogP) is 5.59. The molecule has 0 spiro atoms. The fourth-order valence-corrected chi connectivity index (χ4v) is 3.76. The van der Waals surface area contributed by atoms with Crippen LogP contribution in [0.5, 0.6) is 11.5 Å². The van der Waals surface area contributed by atoms with Crippen LogP contribution in [-0.2, 0) is 6.54 Å². The molecule has 0 radical (unpaired) electrons. The SMILES string of the molecule is [C-]#[N+]c1cc(Cl)cc(Oc2c(Cl)ccc3c2ncn3Cc2n[nH]c3nc(N)ccc23)c1. The molecule has 31 heavy (non-hydrogen) atoms. The topological polar surface area (TPSA) is 99.0 Å². The lowest BCUT2D eigenvalue weighted by atomic mass is 10.2. The molecule has 10 heteroatoms. The molecular weight excluding hydrogens is 437 g/mol. The molecule has 3 N–H and O–H groups in total. The Morgan fingerprint density at radius 2 is 2.03 bits per heavy atom. The fraction of sp³-hybridized carbons (Fsp3) is 0.0476. The van der Waals surface area contributed by atoms with Crippen molar-refractivity contribution >= 4 is 56.8 Å². The lowest BCUT2D eigenvalue weighted by Gasteiger charge is -2.10. The van der Waals surface area contributed by atoms with E-state index in [9.17, 15) is 0 Å². The molecule has 0 saturated carbocycles. The van der Waals surface area contributed by atoms with E-state index in [4.69, 9.17) is 40.2 Å². The van der Waals surface area contributed by atoms with Crippen LogP contribution in [0.15, 0.2) is 48.8 Å². The van der Waals surface area contributed by atoms with Gasteiger partial charge in [-0.3, -0.25) is 5.10 Å². The molecule has 5 rings (SSSR count). The summed E-state index contributed by atoms with van der Waals surface area (Å²) in [7, 11) is 0. The zero-order valence-electron chi connectivity index (χ0n) is 15.8. The second kappa shape index (κ2) is 7.47. The van der Waals surface area contributed by atoms with Crippen LogP contribution < -0.4 is 10.5 Å².